The molecule has 2 aliphatic carbocycles. The van der Waals surface area contributed by atoms with Gasteiger partial charge in [-0.3, -0.25) is 4.79 Å². The zero-order valence-electron chi connectivity index (χ0n) is 8.08. The standard InChI is InChI=1S/C11H16O2/c1-11(7-12)5-8-2-3-10(13)9(4-8)6-11/h7-9H,2-6H2,1H3/t8?,9-,11?/m0/s1. The Morgan fingerprint density at radius 1 is 1.46 bits per heavy atom. The smallest absolute Gasteiger partial charge is 0.136 e. The molecule has 3 atom stereocenters. The molecule has 2 nitrogen and oxygen atoms in total. The molecule has 2 saturated carbocycles. The molecule has 0 heterocycles. The summed E-state index contributed by atoms with van der Waals surface area (Å²) >= 11 is 0. The second kappa shape index (κ2) is 2.93. The topological polar surface area (TPSA) is 34.1 Å². The molecule has 0 aromatic rings. The van der Waals surface area contributed by atoms with E-state index in [-0.39, 0.29) is 11.3 Å². The van der Waals surface area contributed by atoms with Crippen molar-refractivity contribution in [1.29, 1.82) is 0 Å². The summed E-state index contributed by atoms with van der Waals surface area (Å²) in [6.07, 6.45) is 5.67. The first-order valence-electron chi connectivity index (χ1n) is 5.12. The monoisotopic (exact) mass is 180 g/mol. The molecule has 2 heteroatoms. The van der Waals surface area contributed by atoms with Crippen LogP contribution in [0.3, 0.4) is 0 Å². The normalized spacial score (nSPS) is 44.5. The first-order chi connectivity index (χ1) is 6.13. The largest absolute Gasteiger partial charge is 0.303 e. The highest BCUT2D eigenvalue weighted by molar-refractivity contribution is 5.82. The third-order valence-electron chi connectivity index (χ3n) is 3.62. The van der Waals surface area contributed by atoms with Crippen LogP contribution in [0, 0.1) is 17.3 Å². The van der Waals surface area contributed by atoms with Crippen LogP contribution < -0.4 is 0 Å². The van der Waals surface area contributed by atoms with Crippen molar-refractivity contribution >= 4 is 12.1 Å². The average Bonchev–Trinajstić information content (AvgIpc) is 2.12. The number of rotatable bonds is 1. The highest BCUT2D eigenvalue weighted by atomic mass is 16.1. The van der Waals surface area contributed by atoms with Crippen molar-refractivity contribution in [1.82, 2.24) is 0 Å². The molecular formula is C11H16O2. The molecule has 2 unspecified atom stereocenters. The second-order valence-electron chi connectivity index (χ2n) is 4.98. The van der Waals surface area contributed by atoms with Crippen LogP contribution in [0.5, 0.6) is 0 Å². The second-order valence-corrected chi connectivity index (χ2v) is 4.98. The van der Waals surface area contributed by atoms with Gasteiger partial charge >= 0.3 is 0 Å². The van der Waals surface area contributed by atoms with Crippen molar-refractivity contribution in [2.24, 2.45) is 17.3 Å². The Labute approximate surface area is 78.7 Å². The summed E-state index contributed by atoms with van der Waals surface area (Å²) < 4.78 is 0. The van der Waals surface area contributed by atoms with E-state index in [0.717, 1.165) is 38.4 Å². The van der Waals surface area contributed by atoms with Crippen molar-refractivity contribution in [3.63, 3.8) is 0 Å². The molecule has 0 amide bonds. The number of aldehydes is 1. The lowest BCUT2D eigenvalue weighted by atomic mass is 9.62. The predicted octanol–water partition coefficient (Wildman–Crippen LogP) is 1.97. The third kappa shape index (κ3) is 1.54. The molecule has 0 radical (unpaired) electrons. The van der Waals surface area contributed by atoms with Crippen LogP contribution >= 0.6 is 0 Å². The van der Waals surface area contributed by atoms with Gasteiger partial charge in [0.1, 0.15) is 12.1 Å². The van der Waals surface area contributed by atoms with Crippen LogP contribution in [0.2, 0.25) is 0 Å². The summed E-state index contributed by atoms with van der Waals surface area (Å²) in [6.45, 7) is 2.00. The van der Waals surface area contributed by atoms with Gasteiger partial charge in [0.05, 0.1) is 0 Å². The van der Waals surface area contributed by atoms with Crippen molar-refractivity contribution in [2.75, 3.05) is 0 Å². The average molecular weight is 180 g/mol. The molecule has 72 valence electrons. The van der Waals surface area contributed by atoms with E-state index in [1.165, 1.54) is 0 Å². The maximum absolute atomic E-state index is 11.5. The van der Waals surface area contributed by atoms with Crippen LogP contribution in [0.4, 0.5) is 0 Å². The molecule has 0 N–H and O–H groups in total. The Kier molecular flexibility index (Phi) is 2.01. The lowest BCUT2D eigenvalue weighted by molar-refractivity contribution is -0.132. The highest BCUT2D eigenvalue weighted by Crippen LogP contribution is 2.46. The minimum atomic E-state index is -0.205. The number of fused-ring (bicyclic) bond motifs is 2. The quantitative estimate of drug-likeness (QED) is 0.578. The summed E-state index contributed by atoms with van der Waals surface area (Å²) in [4.78, 5) is 22.4. The number of hydrogen-bond acceptors (Lipinski definition) is 2. The first-order valence-corrected chi connectivity index (χ1v) is 5.12. The molecule has 13 heavy (non-hydrogen) atoms. The van der Waals surface area contributed by atoms with Gasteiger partial charge in [-0.2, -0.15) is 0 Å². The predicted molar refractivity (Wildman–Crippen MR) is 49.2 cm³/mol. The van der Waals surface area contributed by atoms with E-state index >= 15 is 0 Å². The SMILES string of the molecule is CC1(C=O)CC2CCC(=O)[C@@H](C2)C1. The Hall–Kier alpha value is -0.660. The van der Waals surface area contributed by atoms with E-state index in [1.54, 1.807) is 0 Å². The van der Waals surface area contributed by atoms with Gasteiger partial charge in [-0.1, -0.05) is 6.92 Å². The van der Waals surface area contributed by atoms with E-state index in [2.05, 4.69) is 0 Å². The van der Waals surface area contributed by atoms with Gasteiger partial charge < -0.3 is 4.79 Å². The van der Waals surface area contributed by atoms with Crippen LogP contribution in [0.25, 0.3) is 0 Å². The van der Waals surface area contributed by atoms with Crippen LogP contribution in [-0.4, -0.2) is 12.1 Å². The van der Waals surface area contributed by atoms with Gasteiger partial charge in [0, 0.05) is 17.8 Å². The maximum Gasteiger partial charge on any atom is 0.136 e. The molecule has 2 aliphatic rings. The number of hydrogen-bond donors (Lipinski definition) is 0. The number of carbonyl (C=O) groups is 2. The van der Waals surface area contributed by atoms with Crippen LogP contribution in [0.15, 0.2) is 0 Å². The fourth-order valence-corrected chi connectivity index (χ4v) is 2.99. The van der Waals surface area contributed by atoms with Gasteiger partial charge in [0.15, 0.2) is 0 Å². The van der Waals surface area contributed by atoms with E-state index in [4.69, 9.17) is 0 Å². The minimum Gasteiger partial charge on any atom is -0.303 e. The molecule has 0 aliphatic heterocycles. The van der Waals surface area contributed by atoms with Crippen molar-refractivity contribution in [3.05, 3.63) is 0 Å². The zero-order valence-corrected chi connectivity index (χ0v) is 8.08. The van der Waals surface area contributed by atoms with E-state index in [0.29, 0.717) is 11.7 Å². The van der Waals surface area contributed by atoms with Gasteiger partial charge in [-0.25, -0.2) is 0 Å². The molecule has 0 spiro atoms. The molecule has 2 rings (SSSR count). The first kappa shape index (κ1) is 8.92. The molecular weight excluding hydrogens is 164 g/mol. The fourth-order valence-electron chi connectivity index (χ4n) is 2.99. The number of Topliss-reactive ketones (excluding diaryl/α,β-unsaturated/α-hetero) is 1. The number of carbonyl (C=O) groups excluding carboxylic acids is 2. The Morgan fingerprint density at radius 2 is 2.23 bits per heavy atom. The van der Waals surface area contributed by atoms with E-state index in [1.807, 2.05) is 6.92 Å². The third-order valence-corrected chi connectivity index (χ3v) is 3.62. The Bertz CT molecular complexity index is 246. The summed E-state index contributed by atoms with van der Waals surface area (Å²) in [6, 6.07) is 0. The van der Waals surface area contributed by atoms with Gasteiger partial charge in [0.25, 0.3) is 0 Å². The zero-order chi connectivity index (χ0) is 9.47. The van der Waals surface area contributed by atoms with Crippen molar-refractivity contribution in [2.45, 2.75) is 39.0 Å². The fraction of sp³-hybridized carbons (Fsp3) is 0.818. The summed E-state index contributed by atoms with van der Waals surface area (Å²) in [7, 11) is 0. The van der Waals surface area contributed by atoms with Crippen molar-refractivity contribution in [3.8, 4) is 0 Å². The van der Waals surface area contributed by atoms with E-state index < -0.39 is 0 Å². The lowest BCUT2D eigenvalue weighted by Crippen LogP contribution is -2.39. The Morgan fingerprint density at radius 3 is 2.92 bits per heavy atom. The maximum atomic E-state index is 11.5. The summed E-state index contributed by atoms with van der Waals surface area (Å²) in [5, 5.41) is 0. The molecule has 2 fully saturated rings. The Balaban J connectivity index is 2.17. The summed E-state index contributed by atoms with van der Waals surface area (Å²) in [5.41, 5.74) is -0.205. The lowest BCUT2D eigenvalue weighted by Gasteiger charge is -2.41. The van der Waals surface area contributed by atoms with Gasteiger partial charge in [-0.05, 0) is 31.6 Å². The van der Waals surface area contributed by atoms with Gasteiger partial charge in [-0.15, -0.1) is 0 Å². The summed E-state index contributed by atoms with van der Waals surface area (Å²) in [5.74, 6) is 1.22. The van der Waals surface area contributed by atoms with Crippen LogP contribution in [0.1, 0.15) is 39.0 Å². The molecule has 0 saturated heterocycles. The van der Waals surface area contributed by atoms with E-state index in [9.17, 15) is 9.59 Å². The van der Waals surface area contributed by atoms with Crippen LogP contribution in [-0.2, 0) is 9.59 Å². The minimum absolute atomic E-state index is 0.197. The highest BCUT2D eigenvalue weighted by Gasteiger charge is 2.42. The molecule has 0 aromatic heterocycles. The molecule has 0 aromatic carbocycles. The molecule has 2 bridgehead atoms. The number of ketones is 1. The van der Waals surface area contributed by atoms with Crippen molar-refractivity contribution < 1.29 is 9.59 Å². The van der Waals surface area contributed by atoms with Gasteiger partial charge in [0.2, 0.25) is 0 Å².